The number of benzene rings is 2. The fraction of sp³-hybridized carbons (Fsp3) is 0.333. The van der Waals surface area contributed by atoms with Gasteiger partial charge in [0.2, 0.25) is 0 Å². The molecule has 2 N–H and O–H groups in total. The molecule has 0 unspecified atom stereocenters. The first-order valence-corrected chi connectivity index (χ1v) is 9.47. The van der Waals surface area contributed by atoms with Crippen molar-refractivity contribution in [2.75, 3.05) is 26.2 Å². The number of aromatic nitrogens is 2. The molecule has 1 aromatic heterocycles. The van der Waals surface area contributed by atoms with Gasteiger partial charge in [0, 0.05) is 37.4 Å². The molecule has 150 valence electrons. The number of aryl methyl sites for hydroxylation is 1. The van der Waals surface area contributed by atoms with E-state index >= 15 is 0 Å². The molecule has 6 nitrogen and oxygen atoms in total. The third kappa shape index (κ3) is 6.70. The van der Waals surface area contributed by atoms with E-state index in [4.69, 9.17) is 4.74 Å². The summed E-state index contributed by atoms with van der Waals surface area (Å²) in [6.07, 6.45) is 4.72. The zero-order valence-electron chi connectivity index (χ0n) is 16.2. The van der Waals surface area contributed by atoms with E-state index in [9.17, 15) is 0 Å². The maximum Gasteiger partial charge on any atom is 0.191 e. The zero-order valence-corrected chi connectivity index (χ0v) is 18.5. The molecule has 0 radical (unpaired) electrons. The average Bonchev–Trinajstić information content (AvgIpc) is 3.22. The smallest absolute Gasteiger partial charge is 0.191 e. The van der Waals surface area contributed by atoms with Crippen LogP contribution in [0.4, 0.5) is 0 Å². The highest BCUT2D eigenvalue weighted by Crippen LogP contribution is 2.24. The first kappa shape index (κ1) is 22.0. The SMILES string of the molecule is CCNC(=NCCCn1cccn1)NCCOc1cccc2ccccc12.I. The summed E-state index contributed by atoms with van der Waals surface area (Å²) in [5.41, 5.74) is 0. The van der Waals surface area contributed by atoms with Gasteiger partial charge in [0.25, 0.3) is 0 Å². The molecule has 2 aromatic carbocycles. The van der Waals surface area contributed by atoms with Gasteiger partial charge in [0.15, 0.2) is 5.96 Å². The second kappa shape index (κ2) is 12.2. The molecule has 0 aliphatic rings. The Morgan fingerprint density at radius 1 is 1.11 bits per heavy atom. The second-order valence-electron chi connectivity index (χ2n) is 6.14. The summed E-state index contributed by atoms with van der Waals surface area (Å²) in [4.78, 5) is 4.61. The number of nitrogens with one attached hydrogen (secondary N) is 2. The topological polar surface area (TPSA) is 63.5 Å². The number of nitrogens with zero attached hydrogens (tertiary/aromatic N) is 3. The number of guanidine groups is 1. The monoisotopic (exact) mass is 493 g/mol. The van der Waals surface area contributed by atoms with E-state index < -0.39 is 0 Å². The zero-order chi connectivity index (χ0) is 18.7. The minimum absolute atomic E-state index is 0. The first-order chi connectivity index (χ1) is 13.4. The lowest BCUT2D eigenvalue weighted by Crippen LogP contribution is -2.39. The van der Waals surface area contributed by atoms with Gasteiger partial charge in [-0.2, -0.15) is 5.10 Å². The van der Waals surface area contributed by atoms with Crippen LogP contribution in [0.2, 0.25) is 0 Å². The molecule has 0 fully saturated rings. The number of hydrogen-bond donors (Lipinski definition) is 2. The quantitative estimate of drug-likeness (QED) is 0.207. The lowest BCUT2D eigenvalue weighted by atomic mass is 10.1. The maximum atomic E-state index is 5.97. The third-order valence-corrected chi connectivity index (χ3v) is 4.12. The van der Waals surface area contributed by atoms with Crippen molar-refractivity contribution in [2.45, 2.75) is 19.9 Å². The van der Waals surface area contributed by atoms with Crippen LogP contribution in [0.3, 0.4) is 0 Å². The fourth-order valence-electron chi connectivity index (χ4n) is 2.85. The number of ether oxygens (including phenoxy) is 1. The molecule has 0 saturated heterocycles. The van der Waals surface area contributed by atoms with E-state index in [1.807, 2.05) is 41.2 Å². The summed E-state index contributed by atoms with van der Waals surface area (Å²) >= 11 is 0. The van der Waals surface area contributed by atoms with Gasteiger partial charge in [0.05, 0.1) is 6.54 Å². The van der Waals surface area contributed by atoms with E-state index in [-0.39, 0.29) is 24.0 Å². The third-order valence-electron chi connectivity index (χ3n) is 4.12. The lowest BCUT2D eigenvalue weighted by molar-refractivity contribution is 0.325. The number of hydrogen-bond acceptors (Lipinski definition) is 3. The Morgan fingerprint density at radius 2 is 1.96 bits per heavy atom. The van der Waals surface area contributed by atoms with Crippen LogP contribution in [-0.2, 0) is 6.54 Å². The molecule has 3 aromatic rings. The number of halogens is 1. The highest BCUT2D eigenvalue weighted by Gasteiger charge is 2.02. The van der Waals surface area contributed by atoms with Gasteiger partial charge in [-0.25, -0.2) is 0 Å². The largest absolute Gasteiger partial charge is 0.491 e. The molecule has 0 spiro atoms. The minimum atomic E-state index is 0. The normalized spacial score (nSPS) is 11.1. The van der Waals surface area contributed by atoms with E-state index in [2.05, 4.69) is 45.8 Å². The van der Waals surface area contributed by atoms with Crippen molar-refractivity contribution >= 4 is 40.7 Å². The molecule has 0 aliphatic carbocycles. The Bertz CT molecular complexity index is 846. The molecule has 3 rings (SSSR count). The van der Waals surface area contributed by atoms with Crippen LogP contribution in [0.15, 0.2) is 65.9 Å². The summed E-state index contributed by atoms with van der Waals surface area (Å²) in [5, 5.41) is 13.1. The van der Waals surface area contributed by atoms with Gasteiger partial charge >= 0.3 is 0 Å². The van der Waals surface area contributed by atoms with Crippen LogP contribution in [0.5, 0.6) is 5.75 Å². The lowest BCUT2D eigenvalue weighted by Gasteiger charge is -2.13. The molecule has 0 amide bonds. The Kier molecular flexibility index (Phi) is 9.61. The predicted molar refractivity (Wildman–Crippen MR) is 126 cm³/mol. The van der Waals surface area contributed by atoms with Crippen molar-refractivity contribution in [2.24, 2.45) is 4.99 Å². The van der Waals surface area contributed by atoms with Crippen molar-refractivity contribution in [3.63, 3.8) is 0 Å². The van der Waals surface area contributed by atoms with E-state index in [1.165, 1.54) is 5.39 Å². The highest BCUT2D eigenvalue weighted by molar-refractivity contribution is 14.0. The van der Waals surface area contributed by atoms with Crippen LogP contribution in [0, 0.1) is 0 Å². The maximum absolute atomic E-state index is 5.97. The van der Waals surface area contributed by atoms with Crippen LogP contribution < -0.4 is 15.4 Å². The number of aliphatic imine (C=N–C) groups is 1. The first-order valence-electron chi connectivity index (χ1n) is 9.47. The second-order valence-corrected chi connectivity index (χ2v) is 6.14. The predicted octanol–water partition coefficient (Wildman–Crippen LogP) is 3.68. The molecular weight excluding hydrogens is 465 g/mol. The van der Waals surface area contributed by atoms with Gasteiger partial charge in [-0.15, -0.1) is 24.0 Å². The minimum Gasteiger partial charge on any atom is -0.491 e. The van der Waals surface area contributed by atoms with E-state index in [0.29, 0.717) is 13.2 Å². The standard InChI is InChI=1S/C21H27N5O.HI/c1-2-22-21(23-12-6-15-26-16-7-13-25-26)24-14-17-27-20-11-5-9-18-8-3-4-10-19(18)20;/h3-5,7-11,13,16H,2,6,12,14-15,17H2,1H3,(H2,22,23,24);1H. The summed E-state index contributed by atoms with van der Waals surface area (Å²) in [5.74, 6) is 1.73. The van der Waals surface area contributed by atoms with Crippen molar-refractivity contribution in [1.29, 1.82) is 0 Å². The van der Waals surface area contributed by atoms with E-state index in [0.717, 1.165) is 43.2 Å². The molecule has 0 aliphatic heterocycles. The Balaban J connectivity index is 0.00000280. The van der Waals surface area contributed by atoms with E-state index in [1.54, 1.807) is 6.20 Å². The van der Waals surface area contributed by atoms with Crippen molar-refractivity contribution in [3.8, 4) is 5.75 Å². The number of fused-ring (bicyclic) bond motifs is 1. The van der Waals surface area contributed by atoms with Crippen LogP contribution in [0.25, 0.3) is 10.8 Å². The highest BCUT2D eigenvalue weighted by atomic mass is 127. The molecule has 7 heteroatoms. The van der Waals surface area contributed by atoms with Crippen LogP contribution in [-0.4, -0.2) is 42.0 Å². The molecule has 28 heavy (non-hydrogen) atoms. The van der Waals surface area contributed by atoms with Crippen LogP contribution in [0.1, 0.15) is 13.3 Å². The van der Waals surface area contributed by atoms with Crippen molar-refractivity contribution in [3.05, 3.63) is 60.9 Å². The Hall–Kier alpha value is -2.29. The molecule has 0 atom stereocenters. The van der Waals surface area contributed by atoms with Gasteiger partial charge < -0.3 is 15.4 Å². The van der Waals surface area contributed by atoms with Gasteiger partial charge in [-0.1, -0.05) is 36.4 Å². The Morgan fingerprint density at radius 3 is 2.79 bits per heavy atom. The van der Waals surface area contributed by atoms with Crippen molar-refractivity contribution in [1.82, 2.24) is 20.4 Å². The van der Waals surface area contributed by atoms with Gasteiger partial charge in [0.1, 0.15) is 12.4 Å². The van der Waals surface area contributed by atoms with Gasteiger partial charge in [-0.3, -0.25) is 9.67 Å². The molecular formula is C21H28IN5O. The Labute approximate surface area is 183 Å². The molecule has 0 bridgehead atoms. The average molecular weight is 493 g/mol. The summed E-state index contributed by atoms with van der Waals surface area (Å²) < 4.78 is 7.89. The van der Waals surface area contributed by atoms with Gasteiger partial charge in [-0.05, 0) is 30.9 Å². The summed E-state index contributed by atoms with van der Waals surface area (Å²) in [6.45, 7) is 5.78. The molecule has 0 saturated carbocycles. The fourth-order valence-corrected chi connectivity index (χ4v) is 2.85. The summed E-state index contributed by atoms with van der Waals surface area (Å²) in [7, 11) is 0. The van der Waals surface area contributed by atoms with Crippen molar-refractivity contribution < 1.29 is 4.74 Å². The molecule has 1 heterocycles. The summed E-state index contributed by atoms with van der Waals surface area (Å²) in [6, 6.07) is 16.3. The van der Waals surface area contributed by atoms with Crippen LogP contribution >= 0.6 is 24.0 Å². The number of rotatable bonds is 9.